The number of pyridine rings is 1. The molecule has 1 aliphatic rings. The van der Waals surface area contributed by atoms with Crippen LogP contribution in [0.1, 0.15) is 19.8 Å². The van der Waals surface area contributed by atoms with Gasteiger partial charge in [0.15, 0.2) is 0 Å². The molecule has 1 aromatic rings. The predicted octanol–water partition coefficient (Wildman–Crippen LogP) is 2.40. The van der Waals surface area contributed by atoms with Crippen molar-refractivity contribution in [1.82, 2.24) is 14.6 Å². The van der Waals surface area contributed by atoms with E-state index in [1.165, 1.54) is 12.3 Å². The van der Waals surface area contributed by atoms with Gasteiger partial charge in [-0.05, 0) is 44.5 Å². The van der Waals surface area contributed by atoms with E-state index in [1.807, 2.05) is 0 Å². The lowest BCUT2D eigenvalue weighted by Crippen LogP contribution is -2.43. The molecule has 0 saturated carbocycles. The number of sulfonamides is 1. The summed E-state index contributed by atoms with van der Waals surface area (Å²) in [5.41, 5.74) is -0.0246. The van der Waals surface area contributed by atoms with Crippen molar-refractivity contribution in [3.05, 3.63) is 22.4 Å². The molecule has 1 N–H and O–H groups in total. The third kappa shape index (κ3) is 4.29. The summed E-state index contributed by atoms with van der Waals surface area (Å²) in [4.78, 5) is 6.06. The molecule has 1 aromatic heterocycles. The molecule has 0 atom stereocenters. The molecule has 0 bridgehead atoms. The summed E-state index contributed by atoms with van der Waals surface area (Å²) in [5, 5.41) is 0.225. The van der Waals surface area contributed by atoms with Gasteiger partial charge in [0.2, 0.25) is 10.0 Å². The highest BCUT2D eigenvalue weighted by atomic mass is 35.5. The zero-order chi connectivity index (χ0) is 15.7. The van der Waals surface area contributed by atoms with Gasteiger partial charge < -0.3 is 4.90 Å². The van der Waals surface area contributed by atoms with Gasteiger partial charge in [-0.25, -0.2) is 18.1 Å². The van der Waals surface area contributed by atoms with Crippen molar-refractivity contribution in [2.45, 2.75) is 24.7 Å². The van der Waals surface area contributed by atoms with Crippen molar-refractivity contribution in [2.24, 2.45) is 5.41 Å². The molecule has 0 aromatic carbocycles. The minimum absolute atomic E-state index is 0.0246. The Bertz CT molecular complexity index is 614. The molecular weight excluding hydrogens is 333 g/mol. The Morgan fingerprint density at radius 3 is 2.57 bits per heavy atom. The highest BCUT2D eigenvalue weighted by molar-refractivity contribution is 7.89. The van der Waals surface area contributed by atoms with Crippen LogP contribution < -0.4 is 4.72 Å². The van der Waals surface area contributed by atoms with Crippen LogP contribution in [-0.2, 0) is 10.0 Å². The number of halogens is 2. The Balaban J connectivity index is 2.06. The van der Waals surface area contributed by atoms with E-state index in [-0.39, 0.29) is 20.5 Å². The normalized spacial score (nSPS) is 19.6. The van der Waals surface area contributed by atoms with Crippen molar-refractivity contribution in [3.63, 3.8) is 0 Å². The van der Waals surface area contributed by atoms with Crippen molar-refractivity contribution < 1.29 is 8.42 Å². The van der Waals surface area contributed by atoms with Crippen molar-refractivity contribution in [2.75, 3.05) is 26.7 Å². The zero-order valence-electron chi connectivity index (χ0n) is 12.1. The van der Waals surface area contributed by atoms with Crippen LogP contribution in [0.5, 0.6) is 0 Å². The molecule has 0 unspecified atom stereocenters. The lowest BCUT2D eigenvalue weighted by Gasteiger charge is -2.37. The molecule has 2 heterocycles. The summed E-state index contributed by atoms with van der Waals surface area (Å²) in [6.07, 6.45) is 3.14. The lowest BCUT2D eigenvalue weighted by molar-refractivity contribution is 0.143. The summed E-state index contributed by atoms with van der Waals surface area (Å²) in [6.45, 7) is 4.47. The van der Waals surface area contributed by atoms with Gasteiger partial charge >= 0.3 is 0 Å². The summed E-state index contributed by atoms with van der Waals surface area (Å²) < 4.78 is 27.2. The minimum Gasteiger partial charge on any atom is -0.306 e. The molecular formula is C13H19Cl2N3O2S. The van der Waals surface area contributed by atoms with Crippen molar-refractivity contribution in [3.8, 4) is 0 Å². The van der Waals surface area contributed by atoms with Crippen LogP contribution >= 0.6 is 23.2 Å². The number of nitrogens with one attached hydrogen (secondary N) is 1. The van der Waals surface area contributed by atoms with Crippen LogP contribution in [0.15, 0.2) is 17.2 Å². The van der Waals surface area contributed by atoms with E-state index in [9.17, 15) is 8.42 Å². The largest absolute Gasteiger partial charge is 0.306 e. The van der Waals surface area contributed by atoms with Crippen LogP contribution in [-0.4, -0.2) is 45.0 Å². The van der Waals surface area contributed by atoms with Gasteiger partial charge in [0.05, 0.1) is 5.02 Å². The number of aromatic nitrogens is 1. The van der Waals surface area contributed by atoms with Crippen LogP contribution in [0, 0.1) is 5.41 Å². The molecule has 0 radical (unpaired) electrons. The highest BCUT2D eigenvalue weighted by Gasteiger charge is 2.30. The third-order valence-corrected chi connectivity index (χ3v) is 6.02. The fourth-order valence-corrected chi connectivity index (χ4v) is 3.74. The van der Waals surface area contributed by atoms with Crippen LogP contribution in [0.2, 0.25) is 10.2 Å². The van der Waals surface area contributed by atoms with E-state index in [0.717, 1.165) is 25.9 Å². The molecule has 0 amide bonds. The van der Waals surface area contributed by atoms with Gasteiger partial charge in [-0.2, -0.15) is 0 Å². The van der Waals surface area contributed by atoms with Crippen LogP contribution in [0.3, 0.4) is 0 Å². The Hall–Kier alpha value is -0.400. The van der Waals surface area contributed by atoms with Gasteiger partial charge in [-0.15, -0.1) is 0 Å². The smallest absolute Gasteiger partial charge is 0.242 e. The van der Waals surface area contributed by atoms with Crippen LogP contribution in [0.4, 0.5) is 0 Å². The van der Waals surface area contributed by atoms with E-state index < -0.39 is 10.0 Å². The molecule has 8 heteroatoms. The monoisotopic (exact) mass is 351 g/mol. The predicted molar refractivity (Wildman–Crippen MR) is 84.3 cm³/mol. The second-order valence-corrected chi connectivity index (χ2v) is 8.41. The average molecular weight is 352 g/mol. The van der Waals surface area contributed by atoms with Crippen molar-refractivity contribution in [1.29, 1.82) is 0 Å². The quantitative estimate of drug-likeness (QED) is 0.846. The number of hydrogen-bond donors (Lipinski definition) is 1. The summed E-state index contributed by atoms with van der Waals surface area (Å²) in [6, 6.07) is 1.32. The van der Waals surface area contributed by atoms with Gasteiger partial charge in [0, 0.05) is 12.7 Å². The standard InChI is InChI=1S/C13H19Cl2N3O2S/c1-13(3-5-18(2)6-4-13)9-17-21(19,20)10-7-11(14)12(15)16-8-10/h7-8,17H,3-6,9H2,1-2H3. The number of piperidine rings is 1. The number of nitrogens with zero attached hydrogens (tertiary/aromatic N) is 2. The van der Waals surface area contributed by atoms with E-state index in [0.29, 0.717) is 6.54 Å². The van der Waals surface area contributed by atoms with E-state index in [1.54, 1.807) is 0 Å². The summed E-state index contributed by atoms with van der Waals surface area (Å²) in [5.74, 6) is 0. The second kappa shape index (κ2) is 6.38. The van der Waals surface area contributed by atoms with Gasteiger partial charge in [-0.3, -0.25) is 0 Å². The minimum atomic E-state index is -3.62. The highest BCUT2D eigenvalue weighted by Crippen LogP contribution is 2.30. The van der Waals surface area contributed by atoms with Gasteiger partial charge in [0.1, 0.15) is 10.0 Å². The number of hydrogen-bond acceptors (Lipinski definition) is 4. The summed E-state index contributed by atoms with van der Waals surface area (Å²) in [7, 11) is -1.55. The molecule has 1 fully saturated rings. The molecule has 0 aliphatic carbocycles. The fraction of sp³-hybridized carbons (Fsp3) is 0.615. The van der Waals surface area contributed by atoms with E-state index in [4.69, 9.17) is 23.2 Å². The first-order valence-electron chi connectivity index (χ1n) is 6.71. The lowest BCUT2D eigenvalue weighted by atomic mass is 9.81. The van der Waals surface area contributed by atoms with Crippen molar-refractivity contribution >= 4 is 33.2 Å². The molecule has 5 nitrogen and oxygen atoms in total. The number of rotatable bonds is 4. The first-order valence-corrected chi connectivity index (χ1v) is 8.95. The maximum absolute atomic E-state index is 12.3. The van der Waals surface area contributed by atoms with E-state index >= 15 is 0 Å². The zero-order valence-corrected chi connectivity index (χ0v) is 14.4. The molecule has 1 aliphatic heterocycles. The third-order valence-electron chi connectivity index (χ3n) is 3.96. The fourth-order valence-electron chi connectivity index (χ4n) is 2.24. The Kier molecular flexibility index (Phi) is 5.15. The Labute approximate surface area is 135 Å². The molecule has 118 valence electrons. The topological polar surface area (TPSA) is 62.3 Å². The first kappa shape index (κ1) is 17.0. The Morgan fingerprint density at radius 1 is 1.38 bits per heavy atom. The molecule has 1 saturated heterocycles. The molecule has 2 rings (SSSR count). The average Bonchev–Trinajstić information content (AvgIpc) is 2.43. The summed E-state index contributed by atoms with van der Waals surface area (Å²) >= 11 is 11.5. The second-order valence-electron chi connectivity index (χ2n) is 5.88. The first-order chi connectivity index (χ1) is 9.72. The maximum atomic E-state index is 12.3. The Morgan fingerprint density at radius 2 is 2.00 bits per heavy atom. The SMILES string of the molecule is CN1CCC(C)(CNS(=O)(=O)c2cnc(Cl)c(Cl)c2)CC1. The van der Waals surface area contributed by atoms with Gasteiger partial charge in [0.25, 0.3) is 0 Å². The maximum Gasteiger partial charge on any atom is 0.242 e. The van der Waals surface area contributed by atoms with Gasteiger partial charge in [-0.1, -0.05) is 30.1 Å². The molecule has 0 spiro atoms. The molecule has 21 heavy (non-hydrogen) atoms. The van der Waals surface area contributed by atoms with Crippen LogP contribution in [0.25, 0.3) is 0 Å². The number of likely N-dealkylation sites (tertiary alicyclic amines) is 1. The van der Waals surface area contributed by atoms with E-state index in [2.05, 4.69) is 28.6 Å².